The lowest BCUT2D eigenvalue weighted by Crippen LogP contribution is -2.42. The van der Waals surface area contributed by atoms with Crippen molar-refractivity contribution in [1.82, 2.24) is 0 Å². The Balaban J connectivity index is 1.99. The molecule has 0 saturated carbocycles. The Hall–Kier alpha value is -2.83. The molecular formula is C24H22Cl2N4O3S. The Bertz CT molecular complexity index is 1420. The first kappa shape index (κ1) is 24.3. The first-order chi connectivity index (χ1) is 15.8. The Morgan fingerprint density at radius 3 is 2.32 bits per heavy atom. The number of nitrogens with two attached hydrogens (primary N) is 2. The molecule has 0 unspecified atom stereocenters. The van der Waals surface area contributed by atoms with Crippen molar-refractivity contribution in [1.29, 1.82) is 5.26 Å². The number of ketones is 1. The highest BCUT2D eigenvalue weighted by Gasteiger charge is 2.45. The van der Waals surface area contributed by atoms with Crippen molar-refractivity contribution in [2.75, 3.05) is 4.90 Å². The van der Waals surface area contributed by atoms with Crippen LogP contribution in [0.4, 0.5) is 5.69 Å². The monoisotopic (exact) mass is 516 g/mol. The van der Waals surface area contributed by atoms with E-state index in [2.05, 4.69) is 6.07 Å². The quantitative estimate of drug-likeness (QED) is 0.613. The maximum Gasteiger partial charge on any atom is 0.238 e. The van der Waals surface area contributed by atoms with Crippen LogP contribution in [-0.4, -0.2) is 14.2 Å². The van der Waals surface area contributed by atoms with Gasteiger partial charge in [0.15, 0.2) is 5.78 Å². The fourth-order valence-electron chi connectivity index (χ4n) is 4.64. The largest absolute Gasteiger partial charge is 0.384 e. The Morgan fingerprint density at radius 2 is 1.76 bits per heavy atom. The van der Waals surface area contributed by atoms with E-state index in [1.165, 1.54) is 12.1 Å². The van der Waals surface area contributed by atoms with Gasteiger partial charge in [-0.25, -0.2) is 13.6 Å². The van der Waals surface area contributed by atoms with Crippen molar-refractivity contribution < 1.29 is 13.2 Å². The number of halogens is 2. The average Bonchev–Trinajstić information content (AvgIpc) is 2.72. The van der Waals surface area contributed by atoms with Crippen LogP contribution >= 0.6 is 23.2 Å². The van der Waals surface area contributed by atoms with Crippen LogP contribution in [0.15, 0.2) is 70.0 Å². The molecule has 2 aliphatic rings. The zero-order valence-electron chi connectivity index (χ0n) is 18.5. The number of rotatable bonds is 3. The summed E-state index contributed by atoms with van der Waals surface area (Å²) in [7, 11) is -3.89. The second-order valence-corrected chi connectivity index (χ2v) is 11.6. The number of nitrogens with zero attached hydrogens (tertiary/aromatic N) is 2. The average molecular weight is 517 g/mol. The lowest BCUT2D eigenvalue weighted by atomic mass is 9.68. The van der Waals surface area contributed by atoms with Gasteiger partial charge in [0, 0.05) is 33.4 Å². The van der Waals surface area contributed by atoms with Gasteiger partial charge in [-0.2, -0.15) is 5.26 Å². The topological polar surface area (TPSA) is 130 Å². The number of primary sulfonamides is 1. The smallest absolute Gasteiger partial charge is 0.238 e. The number of carbonyl (C=O) groups is 1. The number of carbonyl (C=O) groups excluding carboxylic acids is 1. The van der Waals surface area contributed by atoms with Crippen LogP contribution in [0.2, 0.25) is 10.0 Å². The third kappa shape index (κ3) is 4.21. The third-order valence-electron chi connectivity index (χ3n) is 6.08. The van der Waals surface area contributed by atoms with Gasteiger partial charge in [-0.15, -0.1) is 0 Å². The van der Waals surface area contributed by atoms with Crippen molar-refractivity contribution in [2.45, 2.75) is 37.5 Å². The second-order valence-electron chi connectivity index (χ2n) is 9.19. The van der Waals surface area contributed by atoms with Gasteiger partial charge in [0.2, 0.25) is 10.0 Å². The fraction of sp³-hybridized carbons (Fsp3) is 0.250. The van der Waals surface area contributed by atoms with E-state index >= 15 is 0 Å². The molecule has 7 nitrogen and oxygen atoms in total. The molecule has 176 valence electrons. The minimum Gasteiger partial charge on any atom is -0.384 e. The molecule has 0 fully saturated rings. The van der Waals surface area contributed by atoms with Gasteiger partial charge in [-0.1, -0.05) is 43.1 Å². The minimum absolute atomic E-state index is 0.0589. The van der Waals surface area contributed by atoms with Gasteiger partial charge in [-0.3, -0.25) is 9.69 Å². The molecular weight excluding hydrogens is 495 g/mol. The Morgan fingerprint density at radius 1 is 1.12 bits per heavy atom. The molecule has 1 atom stereocenters. The SMILES string of the molecule is CC1(C)CC(=O)C2=C(C1)N(c1ccc(S(N)(=O)=O)cc1)C(N)=C(C#N)[C@@H]2c1ccc(Cl)cc1Cl. The van der Waals surface area contributed by atoms with Crippen LogP contribution < -0.4 is 15.8 Å². The lowest BCUT2D eigenvalue weighted by Gasteiger charge is -2.44. The highest BCUT2D eigenvalue weighted by Crippen LogP contribution is 2.51. The Labute approximate surface area is 208 Å². The summed E-state index contributed by atoms with van der Waals surface area (Å²) in [5.74, 6) is -0.701. The lowest BCUT2D eigenvalue weighted by molar-refractivity contribution is -0.118. The van der Waals surface area contributed by atoms with E-state index in [4.69, 9.17) is 34.1 Å². The van der Waals surface area contributed by atoms with Crippen LogP contribution in [0.5, 0.6) is 0 Å². The van der Waals surface area contributed by atoms with E-state index in [1.807, 2.05) is 13.8 Å². The minimum atomic E-state index is -3.89. The molecule has 0 amide bonds. The molecule has 4 rings (SSSR count). The molecule has 0 spiro atoms. The van der Waals surface area contributed by atoms with Gasteiger partial charge in [0.1, 0.15) is 5.82 Å². The second kappa shape index (κ2) is 8.43. The summed E-state index contributed by atoms with van der Waals surface area (Å²) in [6, 6.07) is 12.9. The normalized spacial score (nSPS) is 20.3. The van der Waals surface area contributed by atoms with Crippen LogP contribution in [0.1, 0.15) is 38.2 Å². The summed E-state index contributed by atoms with van der Waals surface area (Å²) < 4.78 is 23.4. The number of hydrogen-bond donors (Lipinski definition) is 2. The molecule has 0 aromatic heterocycles. The molecule has 1 heterocycles. The van der Waals surface area contributed by atoms with Crippen molar-refractivity contribution in [3.05, 3.63) is 80.7 Å². The van der Waals surface area contributed by atoms with Gasteiger partial charge in [0.25, 0.3) is 0 Å². The molecule has 10 heteroatoms. The summed E-state index contributed by atoms with van der Waals surface area (Å²) in [6.45, 7) is 3.97. The Kier molecular flexibility index (Phi) is 6.03. The molecule has 0 radical (unpaired) electrons. The van der Waals surface area contributed by atoms with Crippen molar-refractivity contribution in [2.24, 2.45) is 16.3 Å². The van der Waals surface area contributed by atoms with E-state index in [9.17, 15) is 18.5 Å². The first-order valence-corrected chi connectivity index (χ1v) is 12.7. The summed E-state index contributed by atoms with van der Waals surface area (Å²) >= 11 is 12.6. The zero-order valence-corrected chi connectivity index (χ0v) is 20.8. The highest BCUT2D eigenvalue weighted by atomic mass is 35.5. The summed E-state index contributed by atoms with van der Waals surface area (Å²) in [5.41, 5.74) is 8.56. The van der Waals surface area contributed by atoms with E-state index in [0.717, 1.165) is 0 Å². The van der Waals surface area contributed by atoms with E-state index in [-0.39, 0.29) is 27.5 Å². The van der Waals surface area contributed by atoms with Crippen molar-refractivity contribution in [3.63, 3.8) is 0 Å². The molecule has 2 aromatic carbocycles. The number of benzene rings is 2. The number of hydrogen-bond acceptors (Lipinski definition) is 6. The van der Waals surface area contributed by atoms with Crippen LogP contribution in [-0.2, 0) is 14.8 Å². The van der Waals surface area contributed by atoms with Crippen molar-refractivity contribution in [3.8, 4) is 6.07 Å². The molecule has 0 bridgehead atoms. The van der Waals surface area contributed by atoms with Gasteiger partial charge in [-0.05, 0) is 53.8 Å². The highest BCUT2D eigenvalue weighted by molar-refractivity contribution is 7.89. The zero-order chi connectivity index (χ0) is 25.0. The molecule has 0 saturated heterocycles. The molecule has 34 heavy (non-hydrogen) atoms. The number of Topliss-reactive ketones (excluding diaryl/α,β-unsaturated/α-hetero) is 1. The fourth-order valence-corrected chi connectivity index (χ4v) is 5.67. The molecule has 2 aromatic rings. The van der Waals surface area contributed by atoms with Gasteiger partial charge in [0.05, 0.1) is 22.5 Å². The van der Waals surface area contributed by atoms with Crippen molar-refractivity contribution >= 4 is 44.7 Å². The van der Waals surface area contributed by atoms with Crippen LogP contribution in [0.25, 0.3) is 0 Å². The third-order valence-corrected chi connectivity index (χ3v) is 7.57. The van der Waals surface area contributed by atoms with Gasteiger partial charge >= 0.3 is 0 Å². The number of anilines is 1. The van der Waals surface area contributed by atoms with E-state index in [0.29, 0.717) is 45.4 Å². The van der Waals surface area contributed by atoms with Gasteiger partial charge < -0.3 is 5.73 Å². The summed E-state index contributed by atoms with van der Waals surface area (Å²) in [5, 5.41) is 16.1. The predicted molar refractivity (Wildman–Crippen MR) is 131 cm³/mol. The number of allylic oxidation sites excluding steroid dienone is 3. The summed E-state index contributed by atoms with van der Waals surface area (Å²) in [6.07, 6.45) is 0.802. The summed E-state index contributed by atoms with van der Waals surface area (Å²) in [4.78, 5) is 15.1. The standard InChI is InChI=1S/C24H22Cl2N4O3S/c1-24(2)10-19-22(20(31)11-24)21(16-8-3-13(25)9-18(16)26)17(12-27)23(28)30(19)14-4-6-15(7-5-14)34(29,32)33/h3-9,21H,10-11,28H2,1-2H3,(H2,29,32,33)/t21-/m0/s1. The van der Waals surface area contributed by atoms with Crippen LogP contribution in [0.3, 0.4) is 0 Å². The number of nitriles is 1. The predicted octanol–water partition coefficient (Wildman–Crippen LogP) is 4.58. The maximum atomic E-state index is 13.5. The first-order valence-electron chi connectivity index (χ1n) is 10.4. The molecule has 1 aliphatic carbocycles. The molecule has 1 aliphatic heterocycles. The van der Waals surface area contributed by atoms with E-state index < -0.39 is 15.9 Å². The molecule has 4 N–H and O–H groups in total. The number of sulfonamides is 1. The van der Waals surface area contributed by atoms with E-state index in [1.54, 1.807) is 35.2 Å². The maximum absolute atomic E-state index is 13.5. The van der Waals surface area contributed by atoms with Crippen LogP contribution in [0, 0.1) is 16.7 Å².